The van der Waals surface area contributed by atoms with Crippen LogP contribution in [0.5, 0.6) is 0 Å². The van der Waals surface area contributed by atoms with Gasteiger partial charge >= 0.3 is 5.97 Å². The number of hydrogen-bond acceptors (Lipinski definition) is 3. The average Bonchev–Trinajstić information content (AvgIpc) is 2.39. The van der Waals surface area contributed by atoms with Gasteiger partial charge in [0.25, 0.3) is 0 Å². The highest BCUT2D eigenvalue weighted by atomic mass is 19.1. The van der Waals surface area contributed by atoms with Crippen molar-refractivity contribution in [2.75, 3.05) is 6.54 Å². The van der Waals surface area contributed by atoms with E-state index in [4.69, 9.17) is 4.74 Å². The number of halogens is 1. The molecule has 2 rings (SSSR count). The predicted molar refractivity (Wildman–Crippen MR) is 76.2 cm³/mol. The minimum Gasteiger partial charge on any atom is -0.459 e. The van der Waals surface area contributed by atoms with Crippen molar-refractivity contribution in [2.45, 2.75) is 44.6 Å². The lowest BCUT2D eigenvalue weighted by Crippen LogP contribution is -2.53. The number of ether oxygens (including phenoxy) is 1. The van der Waals surface area contributed by atoms with Gasteiger partial charge in [-0.2, -0.15) is 0 Å². The van der Waals surface area contributed by atoms with Crippen molar-refractivity contribution < 1.29 is 18.7 Å². The summed E-state index contributed by atoms with van der Waals surface area (Å²) < 4.78 is 18.6. The van der Waals surface area contributed by atoms with Crippen molar-refractivity contribution in [1.29, 1.82) is 0 Å². The highest BCUT2D eigenvalue weighted by Crippen LogP contribution is 2.34. The van der Waals surface area contributed by atoms with Gasteiger partial charge in [-0.1, -0.05) is 12.1 Å². The van der Waals surface area contributed by atoms with Crippen LogP contribution in [0.3, 0.4) is 0 Å². The number of hydrogen-bond donors (Lipinski definition) is 1. The molecular formula is C16H20FNO3. The molecular weight excluding hydrogens is 273 g/mol. The predicted octanol–water partition coefficient (Wildman–Crippen LogP) is 2.32. The van der Waals surface area contributed by atoms with Gasteiger partial charge in [0, 0.05) is 13.0 Å². The monoisotopic (exact) mass is 293 g/mol. The summed E-state index contributed by atoms with van der Waals surface area (Å²) in [7, 11) is 0. The highest BCUT2D eigenvalue weighted by Gasteiger charge is 2.45. The Hall–Kier alpha value is -1.91. The lowest BCUT2D eigenvalue weighted by atomic mass is 9.74. The summed E-state index contributed by atoms with van der Waals surface area (Å²) in [6, 6.07) is 5.79. The Labute approximate surface area is 123 Å². The third-order valence-electron chi connectivity index (χ3n) is 3.55. The zero-order valence-corrected chi connectivity index (χ0v) is 12.5. The van der Waals surface area contributed by atoms with Gasteiger partial charge in [-0.3, -0.25) is 9.59 Å². The van der Waals surface area contributed by atoms with Gasteiger partial charge in [-0.05, 0) is 44.9 Å². The third kappa shape index (κ3) is 3.40. The number of carbonyl (C=O) groups excluding carboxylic acids is 2. The van der Waals surface area contributed by atoms with E-state index in [9.17, 15) is 14.0 Å². The van der Waals surface area contributed by atoms with Gasteiger partial charge in [0.05, 0.1) is 0 Å². The van der Waals surface area contributed by atoms with E-state index in [0.717, 1.165) is 0 Å². The van der Waals surface area contributed by atoms with E-state index in [2.05, 4.69) is 5.32 Å². The van der Waals surface area contributed by atoms with E-state index >= 15 is 0 Å². The molecule has 1 fully saturated rings. The maximum absolute atomic E-state index is 13.1. The summed E-state index contributed by atoms with van der Waals surface area (Å²) >= 11 is 0. The fourth-order valence-electron chi connectivity index (χ4n) is 2.44. The fourth-order valence-corrected chi connectivity index (χ4v) is 2.44. The number of carbonyl (C=O) groups is 2. The molecule has 0 saturated carbocycles. The minimum absolute atomic E-state index is 0.0868. The second-order valence-electron chi connectivity index (χ2n) is 6.37. The molecule has 1 heterocycles. The van der Waals surface area contributed by atoms with Crippen molar-refractivity contribution in [3.05, 3.63) is 35.6 Å². The molecule has 114 valence electrons. The summed E-state index contributed by atoms with van der Waals surface area (Å²) in [6.45, 7) is 5.56. The van der Waals surface area contributed by atoms with Crippen molar-refractivity contribution in [3.63, 3.8) is 0 Å². The lowest BCUT2D eigenvalue weighted by Gasteiger charge is -2.37. The number of piperidine rings is 1. The minimum atomic E-state index is -0.950. The van der Waals surface area contributed by atoms with Crippen LogP contribution in [-0.2, 0) is 19.7 Å². The number of nitrogens with one attached hydrogen (secondary N) is 1. The van der Waals surface area contributed by atoms with Gasteiger partial charge in [-0.15, -0.1) is 0 Å². The van der Waals surface area contributed by atoms with E-state index in [-0.39, 0.29) is 30.7 Å². The topological polar surface area (TPSA) is 55.4 Å². The van der Waals surface area contributed by atoms with Crippen LogP contribution < -0.4 is 5.32 Å². The van der Waals surface area contributed by atoms with Crippen molar-refractivity contribution in [1.82, 2.24) is 5.32 Å². The van der Waals surface area contributed by atoms with E-state index < -0.39 is 11.0 Å². The first-order chi connectivity index (χ1) is 9.73. The highest BCUT2D eigenvalue weighted by molar-refractivity contribution is 5.88. The van der Waals surface area contributed by atoms with Crippen LogP contribution >= 0.6 is 0 Å². The SMILES string of the molecule is CC(C)(C)OC(=O)C1(c2ccc(F)cc2)CCC(=O)NC1. The normalized spacial score (nSPS) is 22.6. The molecule has 1 aliphatic rings. The van der Waals surface area contributed by atoms with Gasteiger partial charge in [0.1, 0.15) is 16.8 Å². The Morgan fingerprint density at radius 1 is 1.29 bits per heavy atom. The molecule has 0 spiro atoms. The number of esters is 1. The molecule has 1 atom stereocenters. The molecule has 1 amide bonds. The van der Waals surface area contributed by atoms with Crippen LogP contribution in [0.1, 0.15) is 39.2 Å². The van der Waals surface area contributed by atoms with Crippen molar-refractivity contribution in [2.24, 2.45) is 0 Å². The quantitative estimate of drug-likeness (QED) is 0.851. The van der Waals surface area contributed by atoms with Gasteiger partial charge in [-0.25, -0.2) is 4.39 Å². The Balaban J connectivity index is 2.37. The Kier molecular flexibility index (Phi) is 4.03. The smallest absolute Gasteiger partial charge is 0.318 e. The Morgan fingerprint density at radius 3 is 2.38 bits per heavy atom. The Bertz CT molecular complexity index is 536. The maximum atomic E-state index is 13.1. The average molecular weight is 293 g/mol. The first-order valence-corrected chi connectivity index (χ1v) is 6.99. The maximum Gasteiger partial charge on any atom is 0.318 e. The van der Waals surface area contributed by atoms with Crippen molar-refractivity contribution >= 4 is 11.9 Å². The van der Waals surface area contributed by atoms with E-state index in [0.29, 0.717) is 12.0 Å². The standard InChI is InChI=1S/C16H20FNO3/c1-15(2,3)21-14(20)16(9-8-13(19)18-10-16)11-4-6-12(17)7-5-11/h4-7H,8-10H2,1-3H3,(H,18,19). The van der Waals surface area contributed by atoms with Gasteiger partial charge in [0.15, 0.2) is 0 Å². The second kappa shape index (κ2) is 5.47. The first-order valence-electron chi connectivity index (χ1n) is 6.99. The number of rotatable bonds is 2. The summed E-state index contributed by atoms with van der Waals surface area (Å²) in [5.41, 5.74) is -0.904. The lowest BCUT2D eigenvalue weighted by molar-refractivity contribution is -0.163. The van der Waals surface area contributed by atoms with Gasteiger partial charge < -0.3 is 10.1 Å². The molecule has 21 heavy (non-hydrogen) atoms. The zero-order chi connectivity index (χ0) is 15.7. The molecule has 0 aliphatic carbocycles. The summed E-state index contributed by atoms with van der Waals surface area (Å²) in [6.07, 6.45) is 0.607. The second-order valence-corrected chi connectivity index (χ2v) is 6.37. The van der Waals surface area contributed by atoms with Gasteiger partial charge in [0.2, 0.25) is 5.91 Å². The van der Waals surface area contributed by atoms with E-state index in [1.807, 2.05) is 0 Å². The Morgan fingerprint density at radius 2 is 1.90 bits per heavy atom. The summed E-state index contributed by atoms with van der Waals surface area (Å²) in [5.74, 6) is -0.837. The summed E-state index contributed by atoms with van der Waals surface area (Å²) in [4.78, 5) is 24.1. The fraction of sp³-hybridized carbons (Fsp3) is 0.500. The summed E-state index contributed by atoms with van der Waals surface area (Å²) in [5, 5.41) is 2.72. The largest absolute Gasteiger partial charge is 0.459 e. The molecule has 4 nitrogen and oxygen atoms in total. The number of benzene rings is 1. The molecule has 1 aromatic rings. The molecule has 1 aliphatic heterocycles. The molecule has 1 aromatic carbocycles. The molecule has 1 unspecified atom stereocenters. The third-order valence-corrected chi connectivity index (χ3v) is 3.55. The van der Waals surface area contributed by atoms with Crippen LogP contribution in [0.25, 0.3) is 0 Å². The molecule has 5 heteroatoms. The van der Waals surface area contributed by atoms with Crippen LogP contribution in [0.2, 0.25) is 0 Å². The zero-order valence-electron chi connectivity index (χ0n) is 12.5. The molecule has 0 radical (unpaired) electrons. The van der Waals surface area contributed by atoms with E-state index in [1.54, 1.807) is 32.9 Å². The van der Waals surface area contributed by atoms with Crippen LogP contribution in [0.4, 0.5) is 4.39 Å². The van der Waals surface area contributed by atoms with Crippen LogP contribution in [0, 0.1) is 5.82 Å². The van der Waals surface area contributed by atoms with Crippen LogP contribution in [-0.4, -0.2) is 24.0 Å². The van der Waals surface area contributed by atoms with E-state index in [1.165, 1.54) is 12.1 Å². The van der Waals surface area contributed by atoms with Crippen LogP contribution in [0.15, 0.2) is 24.3 Å². The first kappa shape index (κ1) is 15.5. The molecule has 0 aromatic heterocycles. The molecule has 0 bridgehead atoms. The molecule has 1 saturated heterocycles. The number of amides is 1. The molecule has 1 N–H and O–H groups in total. The van der Waals surface area contributed by atoms with Crippen molar-refractivity contribution in [3.8, 4) is 0 Å².